The Balaban J connectivity index is 1.66. The van der Waals surface area contributed by atoms with Crippen LogP contribution < -0.4 is 9.62 Å². The number of carbonyl (C=O) groups is 1. The number of aryl methyl sites for hydroxylation is 1. The van der Waals surface area contributed by atoms with Crippen LogP contribution in [0, 0.1) is 17.2 Å². The number of fused-ring (bicyclic) bond motifs is 1. The molecule has 2 fully saturated rings. The van der Waals surface area contributed by atoms with E-state index in [-0.39, 0.29) is 33.5 Å². The Bertz CT molecular complexity index is 1610. The van der Waals surface area contributed by atoms with Crippen molar-refractivity contribution >= 4 is 43.9 Å². The molecule has 0 spiro atoms. The van der Waals surface area contributed by atoms with Crippen LogP contribution >= 0.6 is 11.3 Å². The summed E-state index contributed by atoms with van der Waals surface area (Å²) in [7, 11) is -4.13. The molecule has 1 aliphatic carbocycles. The van der Waals surface area contributed by atoms with Crippen LogP contribution in [-0.4, -0.2) is 70.4 Å². The predicted molar refractivity (Wildman–Crippen MR) is 145 cm³/mol. The van der Waals surface area contributed by atoms with Crippen molar-refractivity contribution in [1.29, 1.82) is 5.26 Å². The molecule has 1 saturated heterocycles. The fraction of sp³-hybridized carbons (Fsp3) is 0.560. The molecule has 0 bridgehead atoms. The molecule has 1 amide bonds. The molecule has 40 heavy (non-hydrogen) atoms. The summed E-state index contributed by atoms with van der Waals surface area (Å²) in [5.41, 5.74) is 0.333. The Morgan fingerprint density at radius 2 is 2.00 bits per heavy atom. The Kier molecular flexibility index (Phi) is 7.30. The predicted octanol–water partition coefficient (Wildman–Crippen LogP) is 3.54. The third-order valence-electron chi connectivity index (χ3n) is 7.28. The first-order valence-corrected chi connectivity index (χ1v) is 15.4. The van der Waals surface area contributed by atoms with E-state index >= 15 is 0 Å². The van der Waals surface area contributed by atoms with Gasteiger partial charge in [0.1, 0.15) is 11.2 Å². The molecule has 1 aromatic carbocycles. The Labute approximate surface area is 234 Å². The minimum atomic E-state index is -4.13. The maximum atomic E-state index is 13.5. The van der Waals surface area contributed by atoms with E-state index in [1.807, 2.05) is 43.6 Å². The second-order valence-electron chi connectivity index (χ2n) is 10.5. The lowest BCUT2D eigenvalue weighted by Crippen LogP contribution is -2.55. The van der Waals surface area contributed by atoms with E-state index < -0.39 is 27.0 Å². The first-order chi connectivity index (χ1) is 18.9. The highest BCUT2D eigenvalue weighted by molar-refractivity contribution is 7.89. The third-order valence-corrected chi connectivity index (χ3v) is 9.73. The monoisotopic (exact) mass is 592 g/mol. The van der Waals surface area contributed by atoms with Crippen molar-refractivity contribution in [1.82, 2.24) is 29.6 Å². The number of carbonyl (C=O) groups excluding carboxylic acids is 1. The van der Waals surface area contributed by atoms with E-state index in [2.05, 4.69) is 20.0 Å². The van der Waals surface area contributed by atoms with Crippen molar-refractivity contribution in [3.05, 3.63) is 17.1 Å². The minimum Gasteiger partial charge on any atom is -0.366 e. The number of rotatable bonds is 8. The summed E-state index contributed by atoms with van der Waals surface area (Å²) < 4.78 is 57.9. The van der Waals surface area contributed by atoms with Gasteiger partial charge in [0.25, 0.3) is 6.43 Å². The smallest absolute Gasteiger partial charge is 0.291 e. The second kappa shape index (κ2) is 10.3. The van der Waals surface area contributed by atoms with Crippen molar-refractivity contribution < 1.29 is 22.0 Å². The maximum absolute atomic E-state index is 13.5. The van der Waals surface area contributed by atoms with Crippen LogP contribution in [0.2, 0.25) is 0 Å². The van der Waals surface area contributed by atoms with E-state index in [0.29, 0.717) is 66.9 Å². The van der Waals surface area contributed by atoms with Crippen LogP contribution in [0.5, 0.6) is 0 Å². The molecule has 11 nitrogen and oxygen atoms in total. The van der Waals surface area contributed by atoms with Crippen molar-refractivity contribution in [3.63, 3.8) is 0 Å². The summed E-state index contributed by atoms with van der Waals surface area (Å²) in [6.07, 6.45) is -1.96. The van der Waals surface area contributed by atoms with E-state index in [1.165, 1.54) is 6.07 Å². The van der Waals surface area contributed by atoms with Crippen LogP contribution in [0.15, 0.2) is 17.0 Å². The standard InChI is InChI=1S/C25H30F2N8O3S2/c1-5-35-20-17(19(31-35)22-29-30-23(39-22)21(26)27)10-16(40(37,38)32-25(13-28)6-7-25)11-18(20)33-8-9-34(15(4)12-33)24(36)14(2)3/h10-11,14-15,21,32H,5-9,12H2,1-4H3/t15-/m1/s1. The van der Waals surface area contributed by atoms with Crippen molar-refractivity contribution in [2.75, 3.05) is 24.5 Å². The van der Waals surface area contributed by atoms with Gasteiger partial charge in [-0.1, -0.05) is 25.2 Å². The molecule has 1 atom stereocenters. The fourth-order valence-corrected chi connectivity index (χ4v) is 7.10. The lowest BCUT2D eigenvalue weighted by atomic mass is 10.1. The number of amides is 1. The second-order valence-corrected chi connectivity index (χ2v) is 13.2. The average Bonchev–Trinajstić information content (AvgIpc) is 3.33. The zero-order chi connectivity index (χ0) is 29.0. The Morgan fingerprint density at radius 3 is 2.55 bits per heavy atom. The van der Waals surface area contributed by atoms with Gasteiger partial charge in [0.2, 0.25) is 15.9 Å². The summed E-state index contributed by atoms with van der Waals surface area (Å²) >= 11 is 0.704. The minimum absolute atomic E-state index is 0.0519. The summed E-state index contributed by atoms with van der Waals surface area (Å²) in [6.45, 7) is 9.32. The molecule has 0 unspecified atom stereocenters. The molecule has 2 aliphatic rings. The highest BCUT2D eigenvalue weighted by atomic mass is 32.2. The van der Waals surface area contributed by atoms with E-state index in [1.54, 1.807) is 10.7 Å². The van der Waals surface area contributed by atoms with Crippen LogP contribution in [0.4, 0.5) is 14.5 Å². The van der Waals surface area contributed by atoms with Gasteiger partial charge in [-0.15, -0.1) is 10.2 Å². The topological polar surface area (TPSA) is 137 Å². The largest absolute Gasteiger partial charge is 0.366 e. The number of nitrogens with one attached hydrogen (secondary N) is 1. The number of benzene rings is 1. The summed E-state index contributed by atoms with van der Waals surface area (Å²) in [4.78, 5) is 16.5. The molecule has 15 heteroatoms. The van der Waals surface area contributed by atoms with E-state index in [9.17, 15) is 27.3 Å². The van der Waals surface area contributed by atoms with Gasteiger partial charge in [-0.25, -0.2) is 17.2 Å². The van der Waals surface area contributed by atoms with Gasteiger partial charge in [-0.2, -0.15) is 15.1 Å². The Hall–Kier alpha value is -3.22. The number of alkyl halides is 2. The third kappa shape index (κ3) is 5.04. The lowest BCUT2D eigenvalue weighted by molar-refractivity contribution is -0.136. The number of nitrogens with zero attached hydrogens (tertiary/aromatic N) is 7. The molecule has 3 aromatic rings. The number of hydrogen-bond acceptors (Lipinski definition) is 9. The van der Waals surface area contributed by atoms with Crippen molar-refractivity contribution in [3.8, 4) is 16.8 Å². The molecule has 214 valence electrons. The number of anilines is 1. The highest BCUT2D eigenvalue weighted by Crippen LogP contribution is 2.41. The zero-order valence-electron chi connectivity index (χ0n) is 22.6. The van der Waals surface area contributed by atoms with Gasteiger partial charge in [0.05, 0.1) is 22.2 Å². The summed E-state index contributed by atoms with van der Waals surface area (Å²) in [6, 6.07) is 4.92. The van der Waals surface area contributed by atoms with Gasteiger partial charge >= 0.3 is 0 Å². The van der Waals surface area contributed by atoms with Crippen molar-refractivity contribution in [2.45, 2.75) is 70.0 Å². The molecule has 0 radical (unpaired) electrons. The summed E-state index contributed by atoms with van der Waals surface area (Å²) in [5, 5.41) is 21.8. The average molecular weight is 593 g/mol. The van der Waals surface area contributed by atoms with Crippen LogP contribution in [0.1, 0.15) is 52.0 Å². The number of aromatic nitrogens is 4. The first-order valence-electron chi connectivity index (χ1n) is 13.1. The number of nitriles is 1. The number of sulfonamides is 1. The molecule has 5 rings (SSSR count). The van der Waals surface area contributed by atoms with Crippen LogP contribution in [0.25, 0.3) is 21.6 Å². The van der Waals surface area contributed by atoms with Gasteiger partial charge in [-0.05, 0) is 38.8 Å². The first kappa shape index (κ1) is 28.3. The van der Waals surface area contributed by atoms with Gasteiger partial charge in [0.15, 0.2) is 10.0 Å². The molecule has 1 aliphatic heterocycles. The van der Waals surface area contributed by atoms with E-state index in [4.69, 9.17) is 0 Å². The number of hydrogen-bond donors (Lipinski definition) is 1. The lowest BCUT2D eigenvalue weighted by Gasteiger charge is -2.42. The Morgan fingerprint density at radius 1 is 1.27 bits per heavy atom. The van der Waals surface area contributed by atoms with Crippen LogP contribution in [0.3, 0.4) is 0 Å². The summed E-state index contributed by atoms with van der Waals surface area (Å²) in [5.74, 6) is -0.0969. The molecular weight excluding hydrogens is 562 g/mol. The number of piperazine rings is 1. The molecule has 1 N–H and O–H groups in total. The van der Waals surface area contributed by atoms with E-state index in [0.717, 1.165) is 0 Å². The molecular formula is C25H30F2N8O3S2. The van der Waals surface area contributed by atoms with Gasteiger partial charge in [0, 0.05) is 43.5 Å². The molecule has 2 aromatic heterocycles. The molecule has 1 saturated carbocycles. The highest BCUT2D eigenvalue weighted by Gasteiger charge is 2.47. The normalized spacial score (nSPS) is 19.0. The van der Waals surface area contributed by atoms with Crippen LogP contribution in [-0.2, 0) is 21.4 Å². The zero-order valence-corrected chi connectivity index (χ0v) is 24.2. The quantitative estimate of drug-likeness (QED) is 0.419. The van der Waals surface area contributed by atoms with Gasteiger partial charge < -0.3 is 9.80 Å². The SMILES string of the molecule is CCn1nc(-c2nnc(C(F)F)s2)c2cc(S(=O)(=O)NC3(C#N)CC3)cc(N3CCN(C(=O)C(C)C)[C@H](C)C3)c21. The maximum Gasteiger partial charge on any atom is 0.291 e. The molecule has 3 heterocycles. The number of halogens is 2. The van der Waals surface area contributed by atoms with Crippen molar-refractivity contribution in [2.24, 2.45) is 5.92 Å². The fourth-order valence-electron chi connectivity index (χ4n) is 4.98. The van der Waals surface area contributed by atoms with Gasteiger partial charge in [-0.3, -0.25) is 9.48 Å².